The van der Waals surface area contributed by atoms with Crippen molar-refractivity contribution in [3.63, 3.8) is 0 Å². The number of nitrogens with one attached hydrogen (secondary N) is 1. The van der Waals surface area contributed by atoms with Gasteiger partial charge in [0.1, 0.15) is 0 Å². The Morgan fingerprint density at radius 2 is 2.12 bits per heavy atom. The number of thioether (sulfide) groups is 1. The van der Waals surface area contributed by atoms with Crippen LogP contribution in [-0.2, 0) is 0 Å². The van der Waals surface area contributed by atoms with Crippen LogP contribution >= 0.6 is 27.7 Å². The number of benzene rings is 1. The minimum absolute atomic E-state index is 0.301. The number of hydrogen-bond acceptors (Lipinski definition) is 3. The summed E-state index contributed by atoms with van der Waals surface area (Å²) in [5, 5.41) is 12.4. The van der Waals surface area contributed by atoms with E-state index in [0.717, 1.165) is 5.69 Å². The molecule has 0 atom stereocenters. The van der Waals surface area contributed by atoms with Crippen LogP contribution in [0.5, 0.6) is 0 Å². The van der Waals surface area contributed by atoms with Crippen LogP contribution in [0.3, 0.4) is 0 Å². The highest BCUT2D eigenvalue weighted by molar-refractivity contribution is 9.10. The fourth-order valence-electron chi connectivity index (χ4n) is 1.86. The number of carboxylic acids is 1. The van der Waals surface area contributed by atoms with Gasteiger partial charge >= 0.3 is 5.97 Å². The van der Waals surface area contributed by atoms with E-state index >= 15 is 0 Å². The van der Waals surface area contributed by atoms with E-state index < -0.39 is 5.97 Å². The first-order chi connectivity index (χ1) is 8.16. The Hall–Kier alpha value is -0.680. The van der Waals surface area contributed by atoms with Gasteiger partial charge in [0.2, 0.25) is 0 Å². The van der Waals surface area contributed by atoms with Crippen LogP contribution in [-0.4, -0.2) is 28.6 Å². The molecule has 0 radical (unpaired) electrons. The van der Waals surface area contributed by atoms with Crippen molar-refractivity contribution in [3.05, 3.63) is 28.2 Å². The lowest BCUT2D eigenvalue weighted by molar-refractivity contribution is 0.0696. The van der Waals surface area contributed by atoms with Crippen LogP contribution in [0.25, 0.3) is 0 Å². The van der Waals surface area contributed by atoms with Gasteiger partial charge in [-0.1, -0.05) is 0 Å². The average molecular weight is 316 g/mol. The fraction of sp³-hybridized carbons (Fsp3) is 0.417. The Balaban J connectivity index is 2.06. The van der Waals surface area contributed by atoms with Gasteiger partial charge in [-0.25, -0.2) is 4.79 Å². The summed E-state index contributed by atoms with van der Waals surface area (Å²) in [6, 6.07) is 5.81. The molecule has 17 heavy (non-hydrogen) atoms. The van der Waals surface area contributed by atoms with Gasteiger partial charge in [-0.3, -0.25) is 0 Å². The summed E-state index contributed by atoms with van der Waals surface area (Å²) < 4.78 is 0.625. The van der Waals surface area contributed by atoms with E-state index in [1.54, 1.807) is 6.07 Å². The summed E-state index contributed by atoms with van der Waals surface area (Å²) >= 11 is 5.28. The summed E-state index contributed by atoms with van der Waals surface area (Å²) in [7, 11) is 0. The molecule has 1 heterocycles. The fourth-order valence-corrected chi connectivity index (χ4v) is 3.51. The second-order valence-corrected chi connectivity index (χ2v) is 6.11. The van der Waals surface area contributed by atoms with Crippen molar-refractivity contribution in [2.24, 2.45) is 0 Å². The maximum Gasteiger partial charge on any atom is 0.336 e. The van der Waals surface area contributed by atoms with E-state index in [1.807, 2.05) is 23.9 Å². The predicted octanol–water partition coefficient (Wildman–Crippen LogP) is 3.45. The molecular weight excluding hydrogens is 302 g/mol. The van der Waals surface area contributed by atoms with E-state index in [2.05, 4.69) is 21.2 Å². The summed E-state index contributed by atoms with van der Waals surface area (Å²) in [4.78, 5) is 10.9. The zero-order chi connectivity index (χ0) is 12.3. The number of carbonyl (C=O) groups is 1. The molecule has 0 aromatic heterocycles. The van der Waals surface area contributed by atoms with Crippen molar-refractivity contribution in [1.82, 2.24) is 0 Å². The second kappa shape index (κ2) is 5.78. The third-order valence-electron chi connectivity index (χ3n) is 2.79. The Kier molecular flexibility index (Phi) is 4.34. The van der Waals surface area contributed by atoms with E-state index in [4.69, 9.17) is 5.11 Å². The third-order valence-corrected chi connectivity index (χ3v) is 4.50. The minimum Gasteiger partial charge on any atom is -0.478 e. The minimum atomic E-state index is -0.905. The van der Waals surface area contributed by atoms with Gasteiger partial charge in [-0.2, -0.15) is 11.8 Å². The van der Waals surface area contributed by atoms with Crippen molar-refractivity contribution in [2.45, 2.75) is 18.9 Å². The van der Waals surface area contributed by atoms with Crippen molar-refractivity contribution >= 4 is 39.3 Å². The Morgan fingerprint density at radius 3 is 2.71 bits per heavy atom. The normalized spacial score (nSPS) is 16.8. The van der Waals surface area contributed by atoms with E-state index in [0.29, 0.717) is 16.1 Å². The van der Waals surface area contributed by atoms with Crippen molar-refractivity contribution in [3.8, 4) is 0 Å². The maximum atomic E-state index is 10.9. The molecule has 0 aliphatic carbocycles. The molecule has 5 heteroatoms. The number of hydrogen-bond donors (Lipinski definition) is 2. The number of aromatic carboxylic acids is 1. The molecule has 1 saturated heterocycles. The highest BCUT2D eigenvalue weighted by Crippen LogP contribution is 2.25. The lowest BCUT2D eigenvalue weighted by atomic mass is 10.1. The highest BCUT2D eigenvalue weighted by atomic mass is 79.9. The van der Waals surface area contributed by atoms with Crippen molar-refractivity contribution in [1.29, 1.82) is 0 Å². The Morgan fingerprint density at radius 1 is 1.41 bits per heavy atom. The third kappa shape index (κ3) is 3.39. The van der Waals surface area contributed by atoms with Gasteiger partial charge in [-0.05, 0) is 58.5 Å². The van der Waals surface area contributed by atoms with Gasteiger partial charge < -0.3 is 10.4 Å². The lowest BCUT2D eigenvalue weighted by Crippen LogP contribution is -2.24. The van der Waals surface area contributed by atoms with Gasteiger partial charge in [-0.15, -0.1) is 0 Å². The number of halogens is 1. The first-order valence-electron chi connectivity index (χ1n) is 5.54. The molecule has 3 nitrogen and oxygen atoms in total. The van der Waals surface area contributed by atoms with Crippen molar-refractivity contribution in [2.75, 3.05) is 16.8 Å². The van der Waals surface area contributed by atoms with Crippen molar-refractivity contribution < 1.29 is 9.90 Å². The second-order valence-electron chi connectivity index (χ2n) is 4.03. The van der Waals surface area contributed by atoms with Crippen LogP contribution < -0.4 is 5.32 Å². The number of rotatable bonds is 3. The SMILES string of the molecule is O=C(O)c1ccc(NC2CCSCC2)cc1Br. The molecule has 0 spiro atoms. The van der Waals surface area contributed by atoms with Crippen LogP contribution in [0.15, 0.2) is 22.7 Å². The Labute approximate surface area is 113 Å². The summed E-state index contributed by atoms with van der Waals surface area (Å²) in [5.41, 5.74) is 1.29. The topological polar surface area (TPSA) is 49.3 Å². The first kappa shape index (κ1) is 12.8. The van der Waals surface area contributed by atoms with Gasteiger partial charge in [0.15, 0.2) is 0 Å². The monoisotopic (exact) mass is 315 g/mol. The lowest BCUT2D eigenvalue weighted by Gasteiger charge is -2.23. The van der Waals surface area contributed by atoms with Gasteiger partial charge in [0.05, 0.1) is 5.56 Å². The largest absolute Gasteiger partial charge is 0.478 e. The summed E-state index contributed by atoms with van der Waals surface area (Å²) in [6.45, 7) is 0. The van der Waals surface area contributed by atoms with E-state index in [-0.39, 0.29) is 0 Å². The number of anilines is 1. The molecule has 0 bridgehead atoms. The van der Waals surface area contributed by atoms with E-state index in [1.165, 1.54) is 24.3 Å². The number of carboxylic acid groups (broad SMARTS) is 1. The Bertz CT molecular complexity index is 419. The molecular formula is C12H14BrNO2S. The average Bonchev–Trinajstić information content (AvgIpc) is 2.30. The molecule has 92 valence electrons. The molecule has 2 rings (SSSR count). The summed E-state index contributed by atoms with van der Waals surface area (Å²) in [5.74, 6) is 1.50. The molecule has 1 fully saturated rings. The summed E-state index contributed by atoms with van der Waals surface area (Å²) in [6.07, 6.45) is 2.34. The van der Waals surface area contributed by atoms with Crippen LogP contribution in [0.1, 0.15) is 23.2 Å². The molecule has 1 aromatic carbocycles. The van der Waals surface area contributed by atoms with Crippen LogP contribution in [0.4, 0.5) is 5.69 Å². The standard InChI is InChI=1S/C12H14BrNO2S/c13-11-7-9(1-2-10(11)12(15)16)14-8-3-5-17-6-4-8/h1-2,7-8,14H,3-6H2,(H,15,16). The molecule has 0 saturated carbocycles. The van der Waals surface area contributed by atoms with Gasteiger partial charge in [0, 0.05) is 16.2 Å². The molecule has 0 amide bonds. The zero-order valence-corrected chi connectivity index (χ0v) is 11.7. The zero-order valence-electron chi connectivity index (χ0n) is 9.28. The van der Waals surface area contributed by atoms with Crippen LogP contribution in [0, 0.1) is 0 Å². The predicted molar refractivity (Wildman–Crippen MR) is 75.1 cm³/mol. The van der Waals surface area contributed by atoms with Crippen LogP contribution in [0.2, 0.25) is 0 Å². The molecule has 2 N–H and O–H groups in total. The maximum absolute atomic E-state index is 10.9. The highest BCUT2D eigenvalue weighted by Gasteiger charge is 2.14. The molecule has 1 aliphatic rings. The molecule has 0 unspecified atom stereocenters. The molecule has 1 aromatic rings. The van der Waals surface area contributed by atoms with Gasteiger partial charge in [0.25, 0.3) is 0 Å². The molecule has 1 aliphatic heterocycles. The smallest absolute Gasteiger partial charge is 0.336 e. The van der Waals surface area contributed by atoms with E-state index in [9.17, 15) is 4.79 Å². The first-order valence-corrected chi connectivity index (χ1v) is 7.48. The quantitative estimate of drug-likeness (QED) is 0.897.